The molecule has 0 aliphatic heterocycles. The molecule has 0 spiro atoms. The van der Waals surface area contributed by atoms with Crippen LogP contribution in [0.1, 0.15) is 39.5 Å². The number of hydrazone groups is 1. The molecule has 0 bridgehead atoms. The molecular weight excluding hydrogens is 124 g/mol. The van der Waals surface area contributed by atoms with Crippen LogP contribution in [-0.2, 0) is 0 Å². The summed E-state index contributed by atoms with van der Waals surface area (Å²) in [6.07, 6.45) is 4.93. The topological polar surface area (TPSA) is 38.4 Å². The molecule has 0 aromatic rings. The number of rotatable bonds is 0. The van der Waals surface area contributed by atoms with E-state index in [9.17, 15) is 0 Å². The van der Waals surface area contributed by atoms with Crippen molar-refractivity contribution < 1.29 is 0 Å². The lowest BCUT2D eigenvalue weighted by Gasteiger charge is -2.30. The molecule has 0 amide bonds. The fourth-order valence-electron chi connectivity index (χ4n) is 1.58. The maximum absolute atomic E-state index is 5.27. The van der Waals surface area contributed by atoms with Gasteiger partial charge in [-0.15, -0.1) is 0 Å². The van der Waals surface area contributed by atoms with Crippen molar-refractivity contribution >= 4 is 5.71 Å². The summed E-state index contributed by atoms with van der Waals surface area (Å²) in [5.41, 5.74) is 1.46. The highest BCUT2D eigenvalue weighted by atomic mass is 15.1. The van der Waals surface area contributed by atoms with Crippen LogP contribution in [0.15, 0.2) is 5.10 Å². The first-order chi connectivity index (χ1) is 4.67. The van der Waals surface area contributed by atoms with Crippen LogP contribution in [0.3, 0.4) is 0 Å². The van der Waals surface area contributed by atoms with Crippen molar-refractivity contribution in [2.75, 3.05) is 0 Å². The average molecular weight is 140 g/mol. The quantitative estimate of drug-likeness (QED) is 0.405. The molecule has 1 saturated carbocycles. The van der Waals surface area contributed by atoms with Crippen LogP contribution in [0.5, 0.6) is 0 Å². The van der Waals surface area contributed by atoms with Gasteiger partial charge < -0.3 is 5.84 Å². The molecule has 0 aromatic heterocycles. The van der Waals surface area contributed by atoms with Gasteiger partial charge in [0, 0.05) is 11.1 Å². The number of nitrogens with zero attached hydrogens (tertiary/aromatic N) is 1. The Bertz CT molecular complexity index is 147. The van der Waals surface area contributed by atoms with E-state index in [1.165, 1.54) is 25.0 Å². The fourth-order valence-corrected chi connectivity index (χ4v) is 1.58. The van der Waals surface area contributed by atoms with Crippen molar-refractivity contribution in [1.82, 2.24) is 0 Å². The molecule has 0 aromatic carbocycles. The Morgan fingerprint density at radius 1 is 1.40 bits per heavy atom. The van der Waals surface area contributed by atoms with Crippen molar-refractivity contribution in [3.8, 4) is 0 Å². The van der Waals surface area contributed by atoms with Crippen molar-refractivity contribution in [3.63, 3.8) is 0 Å². The Hall–Kier alpha value is -0.530. The van der Waals surface area contributed by atoms with Crippen molar-refractivity contribution in [2.45, 2.75) is 39.5 Å². The largest absolute Gasteiger partial charge is 0.323 e. The summed E-state index contributed by atoms with van der Waals surface area (Å²) in [7, 11) is 0. The Balaban J connectivity index is 2.70. The van der Waals surface area contributed by atoms with Crippen LogP contribution in [0.2, 0.25) is 0 Å². The number of hydrogen-bond acceptors (Lipinski definition) is 2. The molecule has 1 aliphatic rings. The number of nitrogens with two attached hydrogens (primary N) is 1. The van der Waals surface area contributed by atoms with Crippen molar-refractivity contribution in [3.05, 3.63) is 0 Å². The van der Waals surface area contributed by atoms with E-state index in [-0.39, 0.29) is 5.41 Å². The fraction of sp³-hybridized carbons (Fsp3) is 0.875. The minimum atomic E-state index is 0.271. The summed E-state index contributed by atoms with van der Waals surface area (Å²) < 4.78 is 0. The van der Waals surface area contributed by atoms with Gasteiger partial charge in [-0.1, -0.05) is 20.3 Å². The van der Waals surface area contributed by atoms with E-state index in [0.29, 0.717) is 0 Å². The molecular formula is C8H16N2. The molecule has 2 nitrogen and oxygen atoms in total. The predicted molar refractivity (Wildman–Crippen MR) is 43.9 cm³/mol. The van der Waals surface area contributed by atoms with Crippen LogP contribution >= 0.6 is 0 Å². The number of hydrogen-bond donors (Lipinski definition) is 1. The Morgan fingerprint density at radius 2 is 2.10 bits per heavy atom. The summed E-state index contributed by atoms with van der Waals surface area (Å²) in [6.45, 7) is 4.44. The third-order valence-electron chi connectivity index (χ3n) is 2.40. The van der Waals surface area contributed by atoms with E-state index in [4.69, 9.17) is 5.84 Å². The third-order valence-corrected chi connectivity index (χ3v) is 2.40. The first kappa shape index (κ1) is 7.58. The molecule has 2 N–H and O–H groups in total. The van der Waals surface area contributed by atoms with Gasteiger partial charge in [0.2, 0.25) is 0 Å². The van der Waals surface area contributed by atoms with E-state index < -0.39 is 0 Å². The van der Waals surface area contributed by atoms with Crippen molar-refractivity contribution in [1.29, 1.82) is 0 Å². The van der Waals surface area contributed by atoms with E-state index in [1.54, 1.807) is 0 Å². The normalized spacial score (nSPS) is 28.8. The lowest BCUT2D eigenvalue weighted by Crippen LogP contribution is -2.28. The first-order valence-corrected chi connectivity index (χ1v) is 3.94. The molecule has 2 heteroatoms. The molecule has 1 aliphatic carbocycles. The highest BCUT2D eigenvalue weighted by Gasteiger charge is 2.27. The van der Waals surface area contributed by atoms with E-state index in [1.807, 2.05) is 0 Å². The summed E-state index contributed by atoms with van der Waals surface area (Å²) in [5.74, 6) is 5.27. The average Bonchev–Trinajstić information content (AvgIpc) is 1.87. The van der Waals surface area contributed by atoms with Crippen LogP contribution in [0.25, 0.3) is 0 Å². The highest BCUT2D eigenvalue weighted by Crippen LogP contribution is 2.32. The predicted octanol–water partition coefficient (Wildman–Crippen LogP) is 1.90. The van der Waals surface area contributed by atoms with Gasteiger partial charge in [0.1, 0.15) is 0 Å². The molecule has 0 unspecified atom stereocenters. The summed E-state index contributed by atoms with van der Waals surface area (Å²) >= 11 is 0. The molecule has 0 atom stereocenters. The van der Waals surface area contributed by atoms with Gasteiger partial charge in [-0.3, -0.25) is 0 Å². The minimum absolute atomic E-state index is 0.271. The molecule has 1 fully saturated rings. The third kappa shape index (κ3) is 1.31. The standard InChI is InChI=1S/C8H16N2/c1-8(2)6-4-3-5-7(8)10-9/h3-6,9H2,1-2H3/b10-7-. The molecule has 0 radical (unpaired) electrons. The van der Waals surface area contributed by atoms with Crippen LogP contribution in [-0.4, -0.2) is 5.71 Å². The van der Waals surface area contributed by atoms with E-state index >= 15 is 0 Å². The van der Waals surface area contributed by atoms with Crippen LogP contribution in [0.4, 0.5) is 0 Å². The van der Waals surface area contributed by atoms with Gasteiger partial charge in [0.05, 0.1) is 0 Å². The Morgan fingerprint density at radius 3 is 2.50 bits per heavy atom. The van der Waals surface area contributed by atoms with Crippen molar-refractivity contribution in [2.24, 2.45) is 16.4 Å². The maximum atomic E-state index is 5.27. The van der Waals surface area contributed by atoms with Gasteiger partial charge in [-0.2, -0.15) is 5.10 Å². The highest BCUT2D eigenvalue weighted by molar-refractivity contribution is 5.89. The van der Waals surface area contributed by atoms with Gasteiger partial charge >= 0.3 is 0 Å². The monoisotopic (exact) mass is 140 g/mol. The maximum Gasteiger partial charge on any atom is 0.0432 e. The lowest BCUT2D eigenvalue weighted by atomic mass is 9.76. The summed E-state index contributed by atoms with van der Waals surface area (Å²) in [6, 6.07) is 0. The molecule has 0 heterocycles. The summed E-state index contributed by atoms with van der Waals surface area (Å²) in [4.78, 5) is 0. The zero-order valence-corrected chi connectivity index (χ0v) is 6.85. The Kier molecular flexibility index (Phi) is 1.97. The van der Waals surface area contributed by atoms with Crippen LogP contribution in [0, 0.1) is 5.41 Å². The molecule has 58 valence electrons. The zero-order valence-electron chi connectivity index (χ0n) is 6.85. The first-order valence-electron chi connectivity index (χ1n) is 3.94. The molecule has 0 saturated heterocycles. The minimum Gasteiger partial charge on any atom is -0.323 e. The Labute approximate surface area is 62.5 Å². The van der Waals surface area contributed by atoms with Crippen LogP contribution < -0.4 is 5.84 Å². The lowest BCUT2D eigenvalue weighted by molar-refractivity contribution is 0.409. The zero-order chi connectivity index (χ0) is 7.61. The van der Waals surface area contributed by atoms with Gasteiger partial charge in [-0.05, 0) is 19.3 Å². The second-order valence-corrected chi connectivity index (χ2v) is 3.67. The van der Waals surface area contributed by atoms with Gasteiger partial charge in [0.25, 0.3) is 0 Å². The second-order valence-electron chi connectivity index (χ2n) is 3.67. The molecule has 1 rings (SSSR count). The SMILES string of the molecule is CC1(C)CCCC/C1=N/N. The summed E-state index contributed by atoms with van der Waals surface area (Å²) in [5, 5.41) is 3.82. The van der Waals surface area contributed by atoms with Gasteiger partial charge in [0.15, 0.2) is 0 Å². The molecule has 10 heavy (non-hydrogen) atoms. The van der Waals surface area contributed by atoms with Gasteiger partial charge in [-0.25, -0.2) is 0 Å². The smallest absolute Gasteiger partial charge is 0.0432 e. The second kappa shape index (κ2) is 2.60. The van der Waals surface area contributed by atoms with E-state index in [2.05, 4.69) is 18.9 Å². The van der Waals surface area contributed by atoms with E-state index in [0.717, 1.165) is 6.42 Å².